The van der Waals surface area contributed by atoms with Gasteiger partial charge in [0.25, 0.3) is 0 Å². The Bertz CT molecular complexity index is 510. The molecule has 1 saturated heterocycles. The molecule has 1 amide bonds. The standard InChI is InChI=1S/C12H20N6O3/c1-7(2)21-12-16-10(13)15-11(17-12)18-4-5-20-6-8(18)9(19)14-3/h7-8H,4-6H2,1-3H3,(H,14,19)(H2,13,15,16,17). The molecule has 3 N–H and O–H groups in total. The molecule has 0 spiro atoms. The van der Waals surface area contributed by atoms with E-state index in [4.69, 9.17) is 15.2 Å². The minimum absolute atomic E-state index is 0.0535. The summed E-state index contributed by atoms with van der Waals surface area (Å²) in [5.74, 6) is 0.202. The van der Waals surface area contributed by atoms with Crippen molar-refractivity contribution in [3.63, 3.8) is 0 Å². The van der Waals surface area contributed by atoms with Gasteiger partial charge in [-0.1, -0.05) is 0 Å². The number of amides is 1. The lowest BCUT2D eigenvalue weighted by Gasteiger charge is -2.34. The van der Waals surface area contributed by atoms with Gasteiger partial charge in [0.1, 0.15) is 6.04 Å². The maximum atomic E-state index is 11.9. The van der Waals surface area contributed by atoms with Gasteiger partial charge in [-0.3, -0.25) is 4.79 Å². The summed E-state index contributed by atoms with van der Waals surface area (Å²) in [5, 5.41) is 2.60. The zero-order chi connectivity index (χ0) is 15.4. The molecule has 1 aromatic heterocycles. The highest BCUT2D eigenvalue weighted by atomic mass is 16.5. The summed E-state index contributed by atoms with van der Waals surface area (Å²) in [6.45, 7) is 4.97. The second-order valence-electron chi connectivity index (χ2n) is 4.84. The Morgan fingerprint density at radius 1 is 1.48 bits per heavy atom. The van der Waals surface area contributed by atoms with Crippen LogP contribution in [-0.2, 0) is 9.53 Å². The molecule has 1 aliphatic rings. The number of nitrogen functional groups attached to an aromatic ring is 1. The van der Waals surface area contributed by atoms with E-state index in [-0.39, 0.29) is 30.6 Å². The van der Waals surface area contributed by atoms with Crippen molar-refractivity contribution in [3.05, 3.63) is 0 Å². The van der Waals surface area contributed by atoms with Crippen LogP contribution in [-0.4, -0.2) is 59.8 Å². The minimum atomic E-state index is -0.502. The van der Waals surface area contributed by atoms with Crippen LogP contribution < -0.4 is 20.7 Å². The van der Waals surface area contributed by atoms with Crippen molar-refractivity contribution < 1.29 is 14.3 Å². The van der Waals surface area contributed by atoms with E-state index in [9.17, 15) is 4.79 Å². The van der Waals surface area contributed by atoms with Gasteiger partial charge in [-0.15, -0.1) is 0 Å². The van der Waals surface area contributed by atoms with Gasteiger partial charge in [0, 0.05) is 13.6 Å². The van der Waals surface area contributed by atoms with Crippen LogP contribution in [0.4, 0.5) is 11.9 Å². The lowest BCUT2D eigenvalue weighted by Crippen LogP contribution is -2.54. The molecule has 1 atom stereocenters. The van der Waals surface area contributed by atoms with Crippen LogP contribution >= 0.6 is 0 Å². The quantitative estimate of drug-likeness (QED) is 0.741. The molecule has 0 aromatic carbocycles. The molecule has 0 radical (unpaired) electrons. The van der Waals surface area contributed by atoms with Gasteiger partial charge in [0.2, 0.25) is 17.8 Å². The van der Waals surface area contributed by atoms with Crippen molar-refractivity contribution in [1.29, 1.82) is 0 Å². The molecule has 0 saturated carbocycles. The molecular weight excluding hydrogens is 276 g/mol. The SMILES string of the molecule is CNC(=O)C1COCCN1c1nc(N)nc(OC(C)C)n1. The molecule has 2 rings (SSSR count). The smallest absolute Gasteiger partial charge is 0.323 e. The van der Waals surface area contributed by atoms with E-state index in [1.807, 2.05) is 13.8 Å². The number of ether oxygens (including phenoxy) is 2. The maximum Gasteiger partial charge on any atom is 0.323 e. The monoisotopic (exact) mass is 296 g/mol. The predicted molar refractivity (Wildman–Crippen MR) is 76.0 cm³/mol. The van der Waals surface area contributed by atoms with E-state index in [0.29, 0.717) is 19.1 Å². The van der Waals surface area contributed by atoms with E-state index >= 15 is 0 Å². The number of anilines is 2. The molecule has 1 unspecified atom stereocenters. The molecule has 116 valence electrons. The van der Waals surface area contributed by atoms with Crippen LogP contribution in [0, 0.1) is 0 Å². The molecular formula is C12H20N6O3. The van der Waals surface area contributed by atoms with Crippen LogP contribution in [0.5, 0.6) is 6.01 Å². The Morgan fingerprint density at radius 3 is 2.90 bits per heavy atom. The Hall–Kier alpha value is -2.16. The van der Waals surface area contributed by atoms with Crippen molar-refractivity contribution >= 4 is 17.8 Å². The van der Waals surface area contributed by atoms with Crippen molar-refractivity contribution in [2.24, 2.45) is 0 Å². The minimum Gasteiger partial charge on any atom is -0.461 e. The Morgan fingerprint density at radius 2 is 2.24 bits per heavy atom. The summed E-state index contributed by atoms with van der Waals surface area (Å²) in [5.41, 5.74) is 5.70. The first-order valence-electron chi connectivity index (χ1n) is 6.75. The summed E-state index contributed by atoms with van der Waals surface area (Å²) in [7, 11) is 1.57. The normalized spacial score (nSPS) is 18.7. The number of nitrogens with one attached hydrogen (secondary N) is 1. The summed E-state index contributed by atoms with van der Waals surface area (Å²) in [6.07, 6.45) is -0.0842. The highest BCUT2D eigenvalue weighted by molar-refractivity contribution is 5.84. The molecule has 1 aromatic rings. The number of aromatic nitrogens is 3. The van der Waals surface area contributed by atoms with Gasteiger partial charge in [-0.05, 0) is 13.8 Å². The zero-order valence-corrected chi connectivity index (χ0v) is 12.4. The van der Waals surface area contributed by atoms with E-state index in [1.54, 1.807) is 11.9 Å². The topological polar surface area (TPSA) is 115 Å². The number of carbonyl (C=O) groups is 1. The van der Waals surface area contributed by atoms with E-state index in [0.717, 1.165) is 0 Å². The number of nitrogens with two attached hydrogens (primary N) is 1. The van der Waals surface area contributed by atoms with Crippen molar-refractivity contribution in [2.75, 3.05) is 37.4 Å². The fourth-order valence-electron chi connectivity index (χ4n) is 1.98. The first kappa shape index (κ1) is 15.2. The van der Waals surface area contributed by atoms with Gasteiger partial charge >= 0.3 is 6.01 Å². The highest BCUT2D eigenvalue weighted by Gasteiger charge is 2.31. The summed E-state index contributed by atoms with van der Waals surface area (Å²) < 4.78 is 10.8. The summed E-state index contributed by atoms with van der Waals surface area (Å²) in [6, 6.07) is -0.355. The number of carbonyl (C=O) groups excluding carboxylic acids is 1. The average molecular weight is 296 g/mol. The zero-order valence-electron chi connectivity index (χ0n) is 12.4. The third kappa shape index (κ3) is 3.69. The fourth-order valence-corrected chi connectivity index (χ4v) is 1.98. The predicted octanol–water partition coefficient (Wildman–Crippen LogP) is -0.808. The van der Waals surface area contributed by atoms with Crippen LogP contribution in [0.3, 0.4) is 0 Å². The fraction of sp³-hybridized carbons (Fsp3) is 0.667. The molecule has 21 heavy (non-hydrogen) atoms. The molecule has 1 aliphatic heterocycles. The Balaban J connectivity index is 2.29. The van der Waals surface area contributed by atoms with Crippen LogP contribution in [0.25, 0.3) is 0 Å². The average Bonchev–Trinajstić information content (AvgIpc) is 2.45. The lowest BCUT2D eigenvalue weighted by atomic mass is 10.2. The summed E-state index contributed by atoms with van der Waals surface area (Å²) >= 11 is 0. The van der Waals surface area contributed by atoms with Crippen LogP contribution in [0.2, 0.25) is 0 Å². The van der Waals surface area contributed by atoms with E-state index < -0.39 is 6.04 Å². The molecule has 9 nitrogen and oxygen atoms in total. The van der Waals surface area contributed by atoms with Gasteiger partial charge in [0.15, 0.2) is 0 Å². The van der Waals surface area contributed by atoms with Crippen molar-refractivity contribution in [3.8, 4) is 6.01 Å². The molecule has 1 fully saturated rings. The molecule has 0 bridgehead atoms. The number of hydrogen-bond donors (Lipinski definition) is 2. The van der Waals surface area contributed by atoms with Crippen molar-refractivity contribution in [1.82, 2.24) is 20.3 Å². The van der Waals surface area contributed by atoms with E-state index in [2.05, 4.69) is 20.3 Å². The second-order valence-corrected chi connectivity index (χ2v) is 4.84. The number of rotatable bonds is 4. The lowest BCUT2D eigenvalue weighted by molar-refractivity contribution is -0.124. The number of hydrogen-bond acceptors (Lipinski definition) is 8. The molecule has 9 heteroatoms. The van der Waals surface area contributed by atoms with Crippen LogP contribution in [0.1, 0.15) is 13.8 Å². The maximum absolute atomic E-state index is 11.9. The third-order valence-corrected chi connectivity index (χ3v) is 2.90. The Labute approximate surface area is 122 Å². The first-order valence-corrected chi connectivity index (χ1v) is 6.75. The van der Waals surface area contributed by atoms with Crippen LogP contribution in [0.15, 0.2) is 0 Å². The van der Waals surface area contributed by atoms with Gasteiger partial charge in [0.05, 0.1) is 19.3 Å². The Kier molecular flexibility index (Phi) is 4.73. The largest absolute Gasteiger partial charge is 0.461 e. The molecule has 0 aliphatic carbocycles. The van der Waals surface area contributed by atoms with Crippen molar-refractivity contribution in [2.45, 2.75) is 26.0 Å². The number of likely N-dealkylation sites (N-methyl/N-ethyl adjacent to an activating group) is 1. The van der Waals surface area contributed by atoms with E-state index in [1.165, 1.54) is 0 Å². The van der Waals surface area contributed by atoms with Gasteiger partial charge in [-0.2, -0.15) is 15.0 Å². The first-order chi connectivity index (χ1) is 10.0. The molecule has 2 heterocycles. The second kappa shape index (κ2) is 6.53. The highest BCUT2D eigenvalue weighted by Crippen LogP contribution is 2.19. The van der Waals surface area contributed by atoms with Gasteiger partial charge in [-0.25, -0.2) is 0 Å². The third-order valence-electron chi connectivity index (χ3n) is 2.90. The summed E-state index contributed by atoms with van der Waals surface area (Å²) in [4.78, 5) is 25.9. The number of nitrogens with zero attached hydrogens (tertiary/aromatic N) is 4. The van der Waals surface area contributed by atoms with Gasteiger partial charge < -0.3 is 25.4 Å². The number of morpholine rings is 1.